The molecule has 0 aromatic rings. The van der Waals surface area contributed by atoms with Crippen molar-refractivity contribution in [2.24, 2.45) is 0 Å². The molecule has 1 atom stereocenters. The number of halogens is 2. The molecular formula is C9H16F2N2O. The normalized spacial score (nSPS) is 34.3. The Morgan fingerprint density at radius 1 is 1.29 bits per heavy atom. The van der Waals surface area contributed by atoms with Gasteiger partial charge in [-0.3, -0.25) is 4.90 Å². The van der Waals surface area contributed by atoms with E-state index in [0.717, 1.165) is 0 Å². The number of hydrogen-bond acceptors (Lipinski definition) is 3. The molecule has 0 aromatic heterocycles. The van der Waals surface area contributed by atoms with Gasteiger partial charge in [-0.25, -0.2) is 8.78 Å². The van der Waals surface area contributed by atoms with E-state index >= 15 is 0 Å². The molecule has 2 aliphatic rings. The third-order valence-corrected chi connectivity index (χ3v) is 2.95. The van der Waals surface area contributed by atoms with Crippen molar-refractivity contribution in [1.82, 2.24) is 10.2 Å². The largest absolute Gasteiger partial charge is 0.379 e. The number of nitrogens with one attached hydrogen (secondary N) is 1. The fourth-order valence-corrected chi connectivity index (χ4v) is 2.10. The summed E-state index contributed by atoms with van der Waals surface area (Å²) >= 11 is 0. The van der Waals surface area contributed by atoms with Crippen LogP contribution in [0.1, 0.15) is 6.42 Å². The second-order valence-corrected chi connectivity index (χ2v) is 3.88. The predicted molar refractivity (Wildman–Crippen MR) is 48.6 cm³/mol. The SMILES string of the molecule is FC1(F)CCNC[C@@H]1N1CCOCC1. The topological polar surface area (TPSA) is 24.5 Å². The number of morpholine rings is 1. The van der Waals surface area contributed by atoms with Crippen molar-refractivity contribution in [2.45, 2.75) is 18.4 Å². The summed E-state index contributed by atoms with van der Waals surface area (Å²) in [6.07, 6.45) is -0.0466. The van der Waals surface area contributed by atoms with Crippen LogP contribution in [0.3, 0.4) is 0 Å². The summed E-state index contributed by atoms with van der Waals surface area (Å²) in [6, 6.07) is -0.639. The lowest BCUT2D eigenvalue weighted by Crippen LogP contribution is -2.59. The fraction of sp³-hybridized carbons (Fsp3) is 1.00. The zero-order valence-electron chi connectivity index (χ0n) is 8.14. The van der Waals surface area contributed by atoms with E-state index in [1.807, 2.05) is 4.90 Å². The van der Waals surface area contributed by atoms with Crippen molar-refractivity contribution < 1.29 is 13.5 Å². The highest BCUT2D eigenvalue weighted by atomic mass is 19.3. The van der Waals surface area contributed by atoms with E-state index in [9.17, 15) is 8.78 Å². The van der Waals surface area contributed by atoms with Crippen LogP contribution in [0.25, 0.3) is 0 Å². The summed E-state index contributed by atoms with van der Waals surface area (Å²) in [5.74, 6) is -2.54. The molecule has 82 valence electrons. The molecule has 2 aliphatic heterocycles. The van der Waals surface area contributed by atoms with E-state index in [-0.39, 0.29) is 6.42 Å². The Morgan fingerprint density at radius 2 is 2.00 bits per heavy atom. The molecule has 2 saturated heterocycles. The Hall–Kier alpha value is -0.260. The standard InChI is InChI=1S/C9H16F2N2O/c10-9(11)1-2-12-7-8(9)13-3-5-14-6-4-13/h8,12H,1-7H2/t8-/m0/s1. The monoisotopic (exact) mass is 206 g/mol. The van der Waals surface area contributed by atoms with Crippen LogP contribution in [0.5, 0.6) is 0 Å². The zero-order chi connectivity index (χ0) is 10.0. The number of nitrogens with zero attached hydrogens (tertiary/aromatic N) is 1. The first kappa shape index (κ1) is 10.3. The Bertz CT molecular complexity index is 195. The number of alkyl halides is 2. The molecule has 14 heavy (non-hydrogen) atoms. The minimum atomic E-state index is -2.54. The number of rotatable bonds is 1. The van der Waals surface area contributed by atoms with Crippen LogP contribution >= 0.6 is 0 Å². The summed E-state index contributed by atoms with van der Waals surface area (Å²) in [4.78, 5) is 1.84. The van der Waals surface area contributed by atoms with Crippen LogP contribution in [0, 0.1) is 0 Å². The molecule has 0 saturated carbocycles. The number of ether oxygens (including phenoxy) is 1. The summed E-state index contributed by atoms with van der Waals surface area (Å²) in [7, 11) is 0. The van der Waals surface area contributed by atoms with Crippen molar-refractivity contribution in [3.63, 3.8) is 0 Å². The number of hydrogen-bond donors (Lipinski definition) is 1. The lowest BCUT2D eigenvalue weighted by atomic mass is 10.0. The van der Waals surface area contributed by atoms with Gasteiger partial charge in [0.1, 0.15) is 0 Å². The van der Waals surface area contributed by atoms with E-state index < -0.39 is 12.0 Å². The second-order valence-electron chi connectivity index (χ2n) is 3.88. The molecule has 2 rings (SSSR count). The molecule has 0 aliphatic carbocycles. The van der Waals surface area contributed by atoms with Crippen molar-refractivity contribution in [1.29, 1.82) is 0 Å². The lowest BCUT2D eigenvalue weighted by molar-refractivity contribution is -0.117. The molecule has 0 bridgehead atoms. The van der Waals surface area contributed by atoms with Gasteiger partial charge >= 0.3 is 0 Å². The van der Waals surface area contributed by atoms with Gasteiger partial charge in [0.2, 0.25) is 0 Å². The van der Waals surface area contributed by atoms with E-state index in [1.54, 1.807) is 0 Å². The summed E-state index contributed by atoms with van der Waals surface area (Å²) < 4.78 is 32.2. The molecule has 2 fully saturated rings. The first-order valence-electron chi connectivity index (χ1n) is 5.10. The third-order valence-electron chi connectivity index (χ3n) is 2.95. The van der Waals surface area contributed by atoms with Gasteiger partial charge in [0, 0.05) is 32.6 Å². The molecule has 5 heteroatoms. The maximum absolute atomic E-state index is 13.5. The average Bonchev–Trinajstić information content (AvgIpc) is 2.18. The quantitative estimate of drug-likeness (QED) is 0.668. The van der Waals surface area contributed by atoms with Gasteiger partial charge in [-0.15, -0.1) is 0 Å². The second kappa shape index (κ2) is 4.08. The van der Waals surface area contributed by atoms with Gasteiger partial charge < -0.3 is 10.1 Å². The van der Waals surface area contributed by atoms with E-state index in [2.05, 4.69) is 5.32 Å². The fourth-order valence-electron chi connectivity index (χ4n) is 2.10. The highest BCUT2D eigenvalue weighted by molar-refractivity contribution is 4.92. The van der Waals surface area contributed by atoms with Crippen molar-refractivity contribution in [2.75, 3.05) is 39.4 Å². The van der Waals surface area contributed by atoms with Gasteiger partial charge in [-0.05, 0) is 0 Å². The minimum absolute atomic E-state index is 0.0466. The van der Waals surface area contributed by atoms with Gasteiger partial charge in [-0.2, -0.15) is 0 Å². The van der Waals surface area contributed by atoms with Gasteiger partial charge in [0.15, 0.2) is 0 Å². The highest BCUT2D eigenvalue weighted by Gasteiger charge is 2.44. The van der Waals surface area contributed by atoms with Crippen molar-refractivity contribution >= 4 is 0 Å². The van der Waals surface area contributed by atoms with Crippen LogP contribution in [0.4, 0.5) is 8.78 Å². The molecule has 3 nitrogen and oxygen atoms in total. The van der Waals surface area contributed by atoms with Crippen molar-refractivity contribution in [3.05, 3.63) is 0 Å². The molecule has 0 spiro atoms. The van der Waals surface area contributed by atoms with Crippen LogP contribution in [-0.2, 0) is 4.74 Å². The van der Waals surface area contributed by atoms with Gasteiger partial charge in [0.05, 0.1) is 19.3 Å². The Labute approximate surface area is 82.4 Å². The molecule has 1 N–H and O–H groups in total. The molecule has 0 amide bonds. The minimum Gasteiger partial charge on any atom is -0.379 e. The van der Waals surface area contributed by atoms with Crippen LogP contribution in [0.2, 0.25) is 0 Å². The molecular weight excluding hydrogens is 190 g/mol. The van der Waals surface area contributed by atoms with E-state index in [4.69, 9.17) is 4.74 Å². The van der Waals surface area contributed by atoms with Crippen molar-refractivity contribution in [3.8, 4) is 0 Å². The summed E-state index contributed by atoms with van der Waals surface area (Å²) in [5.41, 5.74) is 0. The average molecular weight is 206 g/mol. The third kappa shape index (κ3) is 2.04. The number of piperidine rings is 1. The van der Waals surface area contributed by atoms with E-state index in [0.29, 0.717) is 39.4 Å². The first-order chi connectivity index (χ1) is 6.70. The molecule has 0 aromatic carbocycles. The maximum atomic E-state index is 13.5. The predicted octanol–water partition coefficient (Wildman–Crippen LogP) is 0.316. The van der Waals surface area contributed by atoms with E-state index in [1.165, 1.54) is 0 Å². The van der Waals surface area contributed by atoms with Gasteiger partial charge in [0.25, 0.3) is 5.92 Å². The van der Waals surface area contributed by atoms with Crippen LogP contribution in [-0.4, -0.2) is 56.3 Å². The highest BCUT2D eigenvalue weighted by Crippen LogP contribution is 2.29. The molecule has 2 heterocycles. The summed E-state index contributed by atoms with van der Waals surface area (Å²) in [6.45, 7) is 3.23. The Balaban J connectivity index is 1.99. The summed E-state index contributed by atoms with van der Waals surface area (Å²) in [5, 5.41) is 3.03. The Kier molecular flexibility index (Phi) is 2.99. The first-order valence-corrected chi connectivity index (χ1v) is 5.10. The molecule has 0 unspecified atom stereocenters. The van der Waals surface area contributed by atoms with Crippen LogP contribution < -0.4 is 5.32 Å². The lowest BCUT2D eigenvalue weighted by Gasteiger charge is -2.41. The van der Waals surface area contributed by atoms with Crippen LogP contribution in [0.15, 0.2) is 0 Å². The smallest absolute Gasteiger partial charge is 0.265 e. The Morgan fingerprint density at radius 3 is 2.64 bits per heavy atom. The maximum Gasteiger partial charge on any atom is 0.265 e. The van der Waals surface area contributed by atoms with Gasteiger partial charge in [-0.1, -0.05) is 0 Å². The zero-order valence-corrected chi connectivity index (χ0v) is 8.14. The molecule has 0 radical (unpaired) electrons.